The Kier molecular flexibility index (Phi) is 4.89. The molecule has 0 N–H and O–H groups in total. The van der Waals surface area contributed by atoms with Gasteiger partial charge in [0, 0.05) is 12.2 Å². The van der Waals surface area contributed by atoms with E-state index in [1.54, 1.807) is 0 Å². The lowest BCUT2D eigenvalue weighted by Crippen LogP contribution is -2.26. The lowest BCUT2D eigenvalue weighted by Gasteiger charge is -2.26. The van der Waals surface area contributed by atoms with E-state index in [9.17, 15) is 0 Å². The van der Waals surface area contributed by atoms with Gasteiger partial charge in [-0.3, -0.25) is 0 Å². The van der Waals surface area contributed by atoms with Crippen LogP contribution in [0.5, 0.6) is 0 Å². The highest BCUT2D eigenvalue weighted by molar-refractivity contribution is 7.79. The van der Waals surface area contributed by atoms with Crippen LogP contribution in [0.4, 0.5) is 0 Å². The Morgan fingerprint density at radius 2 is 1.06 bits per heavy atom. The minimum Gasteiger partial charge on any atom is -0.454 e. The molecule has 3 heteroatoms. The fraction of sp³-hybridized carbons (Fsp3) is 0.923. The highest BCUT2D eigenvalue weighted by atomic mass is 32.1. The van der Waals surface area contributed by atoms with Gasteiger partial charge in [0.05, 0.1) is 0 Å². The minimum atomic E-state index is 0.324. The highest BCUT2D eigenvalue weighted by Crippen LogP contribution is 2.23. The molecule has 0 bridgehead atoms. The van der Waals surface area contributed by atoms with Crippen molar-refractivity contribution < 1.29 is 9.47 Å². The molecule has 0 amide bonds. The van der Waals surface area contributed by atoms with Crippen LogP contribution in [-0.2, 0) is 9.47 Å². The predicted octanol–water partition coefficient (Wildman–Crippen LogP) is 3.97. The quantitative estimate of drug-likeness (QED) is 0.683. The summed E-state index contributed by atoms with van der Waals surface area (Å²) in [7, 11) is 0. The molecule has 0 unspecified atom stereocenters. The van der Waals surface area contributed by atoms with Crippen LogP contribution in [0.15, 0.2) is 0 Å². The van der Waals surface area contributed by atoms with Gasteiger partial charge in [-0.15, -0.1) is 0 Å². The SMILES string of the molecule is S=C(OC1CCCCC1)OC1CCCCC1. The van der Waals surface area contributed by atoms with E-state index >= 15 is 0 Å². The molecule has 2 nitrogen and oxygen atoms in total. The second-order valence-corrected chi connectivity index (χ2v) is 5.34. The molecule has 0 aromatic carbocycles. The number of rotatable bonds is 2. The first kappa shape index (κ1) is 12.2. The van der Waals surface area contributed by atoms with Gasteiger partial charge >= 0.3 is 5.24 Å². The van der Waals surface area contributed by atoms with Crippen LogP contribution in [0.2, 0.25) is 0 Å². The summed E-state index contributed by atoms with van der Waals surface area (Å²) >= 11 is 5.17. The van der Waals surface area contributed by atoms with Gasteiger partial charge in [-0.05, 0) is 51.4 Å². The normalized spacial score (nSPS) is 24.0. The second-order valence-electron chi connectivity index (χ2n) is 5.01. The van der Waals surface area contributed by atoms with Crippen molar-refractivity contribution in [2.45, 2.75) is 76.4 Å². The first-order chi connectivity index (χ1) is 7.84. The molecule has 2 aliphatic carbocycles. The molecule has 2 rings (SSSR count). The van der Waals surface area contributed by atoms with Crippen molar-refractivity contribution in [2.75, 3.05) is 0 Å². The summed E-state index contributed by atoms with van der Waals surface area (Å²) in [4.78, 5) is 0. The summed E-state index contributed by atoms with van der Waals surface area (Å²) in [5.41, 5.74) is 0. The molecule has 0 aromatic rings. The van der Waals surface area contributed by atoms with Crippen LogP contribution >= 0.6 is 12.2 Å². The van der Waals surface area contributed by atoms with Gasteiger partial charge in [0.25, 0.3) is 0 Å². The first-order valence-electron chi connectivity index (χ1n) is 6.72. The lowest BCUT2D eigenvalue weighted by molar-refractivity contribution is 0.0509. The Morgan fingerprint density at radius 1 is 0.688 bits per heavy atom. The summed E-state index contributed by atoms with van der Waals surface area (Å²) in [5, 5.41) is 0.402. The molecule has 2 saturated carbocycles. The Balaban J connectivity index is 1.66. The van der Waals surface area contributed by atoms with Crippen LogP contribution < -0.4 is 0 Å². The van der Waals surface area contributed by atoms with Crippen molar-refractivity contribution >= 4 is 17.5 Å². The Labute approximate surface area is 104 Å². The van der Waals surface area contributed by atoms with E-state index in [0.29, 0.717) is 17.4 Å². The van der Waals surface area contributed by atoms with E-state index < -0.39 is 0 Å². The number of ether oxygens (including phenoxy) is 2. The average molecular weight is 242 g/mol. The smallest absolute Gasteiger partial charge is 0.352 e. The van der Waals surface area contributed by atoms with Crippen LogP contribution in [0.1, 0.15) is 64.2 Å². The topological polar surface area (TPSA) is 18.5 Å². The van der Waals surface area contributed by atoms with E-state index in [1.165, 1.54) is 38.5 Å². The number of thiocarbonyl (C=S) groups is 1. The lowest BCUT2D eigenvalue weighted by atomic mass is 9.98. The van der Waals surface area contributed by atoms with Crippen molar-refractivity contribution in [1.82, 2.24) is 0 Å². The van der Waals surface area contributed by atoms with Gasteiger partial charge in [0.2, 0.25) is 0 Å². The molecule has 0 spiro atoms. The van der Waals surface area contributed by atoms with Gasteiger partial charge in [-0.1, -0.05) is 12.8 Å². The summed E-state index contributed by atoms with van der Waals surface area (Å²) in [5.74, 6) is 0. The third kappa shape index (κ3) is 3.93. The van der Waals surface area contributed by atoms with Gasteiger partial charge < -0.3 is 9.47 Å². The highest BCUT2D eigenvalue weighted by Gasteiger charge is 2.20. The van der Waals surface area contributed by atoms with Crippen LogP contribution in [-0.4, -0.2) is 17.4 Å². The maximum atomic E-state index is 5.70. The first-order valence-corrected chi connectivity index (χ1v) is 7.13. The molecule has 0 aromatic heterocycles. The van der Waals surface area contributed by atoms with Crippen molar-refractivity contribution in [2.24, 2.45) is 0 Å². The third-order valence-electron chi connectivity index (χ3n) is 3.63. The van der Waals surface area contributed by atoms with E-state index in [4.69, 9.17) is 21.7 Å². The van der Waals surface area contributed by atoms with Gasteiger partial charge in [0.1, 0.15) is 12.2 Å². The number of hydrogen-bond acceptors (Lipinski definition) is 3. The monoisotopic (exact) mass is 242 g/mol. The molecule has 16 heavy (non-hydrogen) atoms. The van der Waals surface area contributed by atoms with E-state index in [1.807, 2.05) is 0 Å². The molecular weight excluding hydrogens is 220 g/mol. The molecular formula is C13H22O2S. The molecule has 2 aliphatic rings. The molecule has 0 radical (unpaired) electrons. The summed E-state index contributed by atoms with van der Waals surface area (Å²) in [6.45, 7) is 0. The van der Waals surface area contributed by atoms with E-state index in [-0.39, 0.29) is 0 Å². The maximum absolute atomic E-state index is 5.70. The molecule has 0 aliphatic heterocycles. The minimum absolute atomic E-state index is 0.324. The molecule has 2 fully saturated rings. The molecule has 0 heterocycles. The predicted molar refractivity (Wildman–Crippen MR) is 68.5 cm³/mol. The van der Waals surface area contributed by atoms with Gasteiger partial charge in [-0.2, -0.15) is 0 Å². The van der Waals surface area contributed by atoms with Crippen LogP contribution in [0.25, 0.3) is 0 Å². The van der Waals surface area contributed by atoms with Crippen molar-refractivity contribution in [3.8, 4) is 0 Å². The van der Waals surface area contributed by atoms with Crippen LogP contribution in [0.3, 0.4) is 0 Å². The van der Waals surface area contributed by atoms with Gasteiger partial charge in [0.15, 0.2) is 0 Å². The summed E-state index contributed by atoms with van der Waals surface area (Å²) in [6, 6.07) is 0. The molecule has 0 saturated heterocycles. The zero-order chi connectivity index (χ0) is 11.2. The molecule has 0 atom stereocenters. The fourth-order valence-electron chi connectivity index (χ4n) is 2.67. The zero-order valence-corrected chi connectivity index (χ0v) is 10.8. The fourth-order valence-corrected chi connectivity index (χ4v) is 2.94. The Hall–Kier alpha value is -0.310. The Bertz CT molecular complexity index is 196. The summed E-state index contributed by atoms with van der Waals surface area (Å²) in [6.07, 6.45) is 13.0. The van der Waals surface area contributed by atoms with Crippen molar-refractivity contribution in [1.29, 1.82) is 0 Å². The third-order valence-corrected chi connectivity index (χ3v) is 3.82. The van der Waals surface area contributed by atoms with Crippen LogP contribution in [0, 0.1) is 0 Å². The molecule has 92 valence electrons. The second kappa shape index (κ2) is 6.43. The maximum Gasteiger partial charge on any atom is 0.352 e. The van der Waals surface area contributed by atoms with E-state index in [2.05, 4.69) is 0 Å². The van der Waals surface area contributed by atoms with E-state index in [0.717, 1.165) is 25.7 Å². The largest absolute Gasteiger partial charge is 0.454 e. The summed E-state index contributed by atoms with van der Waals surface area (Å²) < 4.78 is 11.4. The van der Waals surface area contributed by atoms with Gasteiger partial charge in [-0.25, -0.2) is 0 Å². The Morgan fingerprint density at radius 3 is 1.44 bits per heavy atom. The van der Waals surface area contributed by atoms with Crippen molar-refractivity contribution in [3.63, 3.8) is 0 Å². The zero-order valence-electron chi connectivity index (χ0n) is 9.95. The number of hydrogen-bond donors (Lipinski definition) is 0. The average Bonchev–Trinajstić information content (AvgIpc) is 2.31. The standard InChI is InChI=1S/C13H22O2S/c16-13(14-11-7-3-1-4-8-11)15-12-9-5-2-6-10-12/h11-12H,1-10H2. The van der Waals surface area contributed by atoms with Crippen molar-refractivity contribution in [3.05, 3.63) is 0 Å².